The van der Waals surface area contributed by atoms with E-state index in [9.17, 15) is 4.79 Å². The summed E-state index contributed by atoms with van der Waals surface area (Å²) in [7, 11) is 0. The van der Waals surface area contributed by atoms with Gasteiger partial charge in [-0.15, -0.1) is 0 Å². The average molecular weight is 273 g/mol. The van der Waals surface area contributed by atoms with E-state index < -0.39 is 0 Å². The molecule has 0 bridgehead atoms. The monoisotopic (exact) mass is 272 g/mol. The van der Waals surface area contributed by atoms with Crippen molar-refractivity contribution in [3.8, 4) is 0 Å². The summed E-state index contributed by atoms with van der Waals surface area (Å²) in [5.41, 5.74) is 2.71. The molecule has 1 amide bonds. The number of amides is 1. The van der Waals surface area contributed by atoms with Crippen molar-refractivity contribution in [2.45, 2.75) is 12.5 Å². The Kier molecular flexibility index (Phi) is 3.13. The van der Waals surface area contributed by atoms with Crippen LogP contribution in [0.5, 0.6) is 0 Å². The molecule has 96 valence electrons. The molecule has 1 atom stereocenters. The molecule has 0 spiro atoms. The van der Waals surface area contributed by atoms with Gasteiger partial charge in [0.25, 0.3) is 0 Å². The third kappa shape index (κ3) is 2.56. The molecule has 0 aliphatic carbocycles. The van der Waals surface area contributed by atoms with Gasteiger partial charge >= 0.3 is 0 Å². The number of anilines is 2. The summed E-state index contributed by atoms with van der Waals surface area (Å²) in [4.78, 5) is 11.9. The van der Waals surface area contributed by atoms with Gasteiger partial charge in [0.05, 0.1) is 23.8 Å². The van der Waals surface area contributed by atoms with Gasteiger partial charge in [-0.25, -0.2) is 0 Å². The van der Waals surface area contributed by atoms with Gasteiger partial charge in [-0.2, -0.15) is 0 Å². The Bertz CT molecular complexity index is 613. The lowest BCUT2D eigenvalue weighted by Crippen LogP contribution is -2.15. The first-order valence-electron chi connectivity index (χ1n) is 6.13. The number of halogens is 1. The van der Waals surface area contributed by atoms with Gasteiger partial charge in [0.15, 0.2) is 0 Å². The fraction of sp³-hybridized carbons (Fsp3) is 0.133. The highest BCUT2D eigenvalue weighted by Gasteiger charge is 2.21. The molecule has 0 saturated heterocycles. The van der Waals surface area contributed by atoms with Crippen molar-refractivity contribution in [3.63, 3.8) is 0 Å². The molecular weight excluding hydrogens is 260 g/mol. The minimum atomic E-state index is -0.0408. The number of hydrogen-bond acceptors (Lipinski definition) is 2. The molecule has 0 radical (unpaired) electrons. The summed E-state index contributed by atoms with van der Waals surface area (Å²) < 4.78 is 0. The summed E-state index contributed by atoms with van der Waals surface area (Å²) >= 11 is 6.01. The molecule has 2 N–H and O–H groups in total. The Morgan fingerprint density at radius 3 is 2.63 bits per heavy atom. The van der Waals surface area contributed by atoms with E-state index in [4.69, 9.17) is 11.6 Å². The molecule has 0 saturated carbocycles. The lowest BCUT2D eigenvalue weighted by molar-refractivity contribution is -0.116. The number of benzene rings is 2. The Morgan fingerprint density at radius 2 is 1.84 bits per heavy atom. The standard InChI is InChI=1S/C15H13ClN2O/c16-11-6-7-12-14(8-11)17-13(9-15(19)18-12)10-4-2-1-3-5-10/h1-8,13,17H,9H2,(H,18,19)/t13-/m0/s1. The molecule has 1 aliphatic rings. The summed E-state index contributed by atoms with van der Waals surface area (Å²) in [6.07, 6.45) is 0.399. The molecule has 0 fully saturated rings. The average Bonchev–Trinajstić information content (AvgIpc) is 2.58. The SMILES string of the molecule is O=C1C[C@@H](c2ccccc2)Nc2cc(Cl)ccc2N1. The molecule has 4 heteroatoms. The number of carbonyl (C=O) groups is 1. The van der Waals surface area contributed by atoms with Crippen LogP contribution >= 0.6 is 11.6 Å². The number of hydrogen-bond donors (Lipinski definition) is 2. The van der Waals surface area contributed by atoms with E-state index in [0.29, 0.717) is 11.4 Å². The van der Waals surface area contributed by atoms with Crippen molar-refractivity contribution in [1.29, 1.82) is 0 Å². The van der Waals surface area contributed by atoms with Crippen LogP contribution in [0.3, 0.4) is 0 Å². The summed E-state index contributed by atoms with van der Waals surface area (Å²) in [5, 5.41) is 6.92. The van der Waals surface area contributed by atoms with Crippen molar-refractivity contribution in [3.05, 3.63) is 59.1 Å². The zero-order valence-corrected chi connectivity index (χ0v) is 10.9. The third-order valence-corrected chi connectivity index (χ3v) is 3.41. The summed E-state index contributed by atoms with van der Waals surface area (Å²) in [5.74, 6) is 0.00225. The first-order chi connectivity index (χ1) is 9.22. The fourth-order valence-electron chi connectivity index (χ4n) is 2.26. The maximum absolute atomic E-state index is 11.9. The first kappa shape index (κ1) is 12.1. The van der Waals surface area contributed by atoms with Crippen LogP contribution in [0.15, 0.2) is 48.5 Å². The second kappa shape index (κ2) is 4.94. The predicted molar refractivity (Wildman–Crippen MR) is 77.5 cm³/mol. The van der Waals surface area contributed by atoms with Crippen LogP contribution in [-0.4, -0.2) is 5.91 Å². The number of rotatable bonds is 1. The van der Waals surface area contributed by atoms with E-state index >= 15 is 0 Å². The van der Waals surface area contributed by atoms with Crippen LogP contribution in [-0.2, 0) is 4.79 Å². The molecule has 19 heavy (non-hydrogen) atoms. The highest BCUT2D eigenvalue weighted by Crippen LogP contribution is 2.33. The molecule has 2 aromatic carbocycles. The maximum Gasteiger partial charge on any atom is 0.226 e. The van der Waals surface area contributed by atoms with Gasteiger partial charge < -0.3 is 10.6 Å². The Balaban J connectivity index is 1.99. The zero-order valence-electron chi connectivity index (χ0n) is 10.2. The van der Waals surface area contributed by atoms with Gasteiger partial charge in [0.2, 0.25) is 5.91 Å². The molecular formula is C15H13ClN2O. The van der Waals surface area contributed by atoms with Gasteiger partial charge in [-0.1, -0.05) is 41.9 Å². The smallest absolute Gasteiger partial charge is 0.226 e. The van der Waals surface area contributed by atoms with Crippen LogP contribution in [0, 0.1) is 0 Å². The lowest BCUT2D eigenvalue weighted by atomic mass is 10.0. The van der Waals surface area contributed by atoms with Gasteiger partial charge in [-0.05, 0) is 23.8 Å². The van der Waals surface area contributed by atoms with Crippen LogP contribution in [0.2, 0.25) is 5.02 Å². The number of carbonyl (C=O) groups excluding carboxylic acids is 1. The van der Waals surface area contributed by atoms with Crippen LogP contribution in [0.25, 0.3) is 0 Å². The van der Waals surface area contributed by atoms with E-state index in [0.717, 1.165) is 16.9 Å². The molecule has 1 aliphatic heterocycles. The Morgan fingerprint density at radius 1 is 1.05 bits per heavy atom. The van der Waals surface area contributed by atoms with E-state index in [-0.39, 0.29) is 11.9 Å². The van der Waals surface area contributed by atoms with Crippen molar-refractivity contribution in [2.24, 2.45) is 0 Å². The molecule has 0 unspecified atom stereocenters. The normalized spacial score (nSPS) is 17.9. The minimum absolute atomic E-state index is 0.00225. The van der Waals surface area contributed by atoms with E-state index in [1.165, 1.54) is 0 Å². The fourth-order valence-corrected chi connectivity index (χ4v) is 2.43. The van der Waals surface area contributed by atoms with Gasteiger partial charge in [0.1, 0.15) is 0 Å². The Hall–Kier alpha value is -2.00. The van der Waals surface area contributed by atoms with Crippen molar-refractivity contribution < 1.29 is 4.79 Å². The second-order valence-electron chi connectivity index (χ2n) is 4.55. The molecule has 0 aromatic heterocycles. The molecule has 3 rings (SSSR count). The highest BCUT2D eigenvalue weighted by molar-refractivity contribution is 6.31. The maximum atomic E-state index is 11.9. The predicted octanol–water partition coefficient (Wildman–Crippen LogP) is 3.84. The van der Waals surface area contributed by atoms with Crippen molar-refractivity contribution in [1.82, 2.24) is 0 Å². The largest absolute Gasteiger partial charge is 0.376 e. The van der Waals surface area contributed by atoms with Gasteiger partial charge in [0, 0.05) is 5.02 Å². The third-order valence-electron chi connectivity index (χ3n) is 3.18. The van der Waals surface area contributed by atoms with E-state index in [2.05, 4.69) is 10.6 Å². The Labute approximate surface area is 116 Å². The summed E-state index contributed by atoms with van der Waals surface area (Å²) in [6.45, 7) is 0. The highest BCUT2D eigenvalue weighted by atomic mass is 35.5. The van der Waals surface area contributed by atoms with Crippen molar-refractivity contribution >= 4 is 28.9 Å². The first-order valence-corrected chi connectivity index (χ1v) is 6.51. The molecule has 3 nitrogen and oxygen atoms in total. The lowest BCUT2D eigenvalue weighted by Gasteiger charge is -2.17. The zero-order chi connectivity index (χ0) is 13.2. The van der Waals surface area contributed by atoms with Crippen molar-refractivity contribution in [2.75, 3.05) is 10.6 Å². The minimum Gasteiger partial charge on any atom is -0.376 e. The van der Waals surface area contributed by atoms with E-state index in [1.807, 2.05) is 42.5 Å². The molecule has 2 aromatic rings. The number of nitrogens with one attached hydrogen (secondary N) is 2. The summed E-state index contributed by atoms with van der Waals surface area (Å²) in [6, 6.07) is 15.3. The van der Waals surface area contributed by atoms with E-state index in [1.54, 1.807) is 6.07 Å². The van der Waals surface area contributed by atoms with Crippen LogP contribution in [0.4, 0.5) is 11.4 Å². The second-order valence-corrected chi connectivity index (χ2v) is 4.99. The quantitative estimate of drug-likeness (QED) is 0.828. The molecule has 1 heterocycles. The van der Waals surface area contributed by atoms with Crippen LogP contribution < -0.4 is 10.6 Å². The topological polar surface area (TPSA) is 41.1 Å². The van der Waals surface area contributed by atoms with Gasteiger partial charge in [-0.3, -0.25) is 4.79 Å². The van der Waals surface area contributed by atoms with Crippen LogP contribution in [0.1, 0.15) is 18.0 Å². The number of fused-ring (bicyclic) bond motifs is 1.